The van der Waals surface area contributed by atoms with Gasteiger partial charge in [0.25, 0.3) is 5.91 Å². The number of hydrogen-bond acceptors (Lipinski definition) is 2. The first kappa shape index (κ1) is 17.7. The number of hydrogen-bond donors (Lipinski definition) is 2. The highest BCUT2D eigenvalue weighted by atomic mass is 16.1. The van der Waals surface area contributed by atoms with E-state index in [9.17, 15) is 4.79 Å². The van der Waals surface area contributed by atoms with Crippen LogP contribution >= 0.6 is 0 Å². The molecule has 1 atom stereocenters. The van der Waals surface area contributed by atoms with Gasteiger partial charge in [-0.05, 0) is 43.5 Å². The van der Waals surface area contributed by atoms with Crippen LogP contribution in [-0.2, 0) is 0 Å². The Hall–Kier alpha value is -2.13. The van der Waals surface area contributed by atoms with Gasteiger partial charge in [-0.1, -0.05) is 67.8 Å². The van der Waals surface area contributed by atoms with Crippen LogP contribution in [0.3, 0.4) is 0 Å². The van der Waals surface area contributed by atoms with Crippen LogP contribution in [0.1, 0.15) is 60.5 Å². The summed E-state index contributed by atoms with van der Waals surface area (Å²) in [5, 5.41) is 6.89. The molecule has 0 radical (unpaired) electrons. The smallest absolute Gasteiger partial charge is 0.251 e. The van der Waals surface area contributed by atoms with E-state index < -0.39 is 0 Å². The Morgan fingerprint density at radius 1 is 0.920 bits per heavy atom. The van der Waals surface area contributed by atoms with Crippen LogP contribution in [-0.4, -0.2) is 18.5 Å². The minimum atomic E-state index is -0.00730. The third kappa shape index (κ3) is 5.43. The highest BCUT2D eigenvalue weighted by Crippen LogP contribution is 2.20. The third-order valence-corrected chi connectivity index (χ3v) is 5.01. The van der Waals surface area contributed by atoms with Gasteiger partial charge in [0, 0.05) is 11.6 Å². The molecule has 3 nitrogen and oxygen atoms in total. The van der Waals surface area contributed by atoms with Gasteiger partial charge in [-0.2, -0.15) is 0 Å². The average Bonchev–Trinajstić information content (AvgIpc) is 2.69. The average molecular weight is 336 g/mol. The maximum absolute atomic E-state index is 12.6. The lowest BCUT2D eigenvalue weighted by atomic mass is 9.95. The zero-order valence-electron chi connectivity index (χ0n) is 14.8. The van der Waals surface area contributed by atoms with Crippen LogP contribution in [0.5, 0.6) is 0 Å². The van der Waals surface area contributed by atoms with E-state index in [0.29, 0.717) is 11.6 Å². The van der Waals surface area contributed by atoms with Gasteiger partial charge in [0.1, 0.15) is 0 Å². The zero-order valence-corrected chi connectivity index (χ0v) is 14.8. The van der Waals surface area contributed by atoms with Crippen molar-refractivity contribution in [3.63, 3.8) is 0 Å². The van der Waals surface area contributed by atoms with Crippen molar-refractivity contribution >= 4 is 5.91 Å². The minimum Gasteiger partial charge on any atom is -0.345 e. The molecule has 0 saturated heterocycles. The molecule has 1 unspecified atom stereocenters. The number of nitrogens with one attached hydrogen (secondary N) is 2. The lowest BCUT2D eigenvalue weighted by Gasteiger charge is -2.25. The van der Waals surface area contributed by atoms with Gasteiger partial charge in [-0.25, -0.2) is 0 Å². The van der Waals surface area contributed by atoms with Gasteiger partial charge in [0.05, 0.1) is 6.04 Å². The minimum absolute atomic E-state index is 0.00730. The summed E-state index contributed by atoms with van der Waals surface area (Å²) in [5.41, 5.74) is 1.88. The van der Waals surface area contributed by atoms with Crippen molar-refractivity contribution in [1.29, 1.82) is 0 Å². The molecule has 2 aromatic carbocycles. The van der Waals surface area contributed by atoms with Gasteiger partial charge in [0.15, 0.2) is 0 Å². The molecule has 0 heterocycles. The molecule has 2 N–H and O–H groups in total. The first-order chi connectivity index (χ1) is 12.3. The number of amides is 1. The van der Waals surface area contributed by atoms with E-state index in [-0.39, 0.29) is 11.9 Å². The van der Waals surface area contributed by atoms with E-state index in [1.807, 2.05) is 48.5 Å². The Kier molecular flexibility index (Phi) is 6.63. The van der Waals surface area contributed by atoms with Crippen molar-refractivity contribution in [2.45, 2.75) is 50.6 Å². The van der Waals surface area contributed by atoms with E-state index in [2.05, 4.69) is 22.8 Å². The van der Waals surface area contributed by atoms with E-state index >= 15 is 0 Å². The topological polar surface area (TPSA) is 41.1 Å². The van der Waals surface area contributed by atoms with Crippen molar-refractivity contribution in [3.05, 3.63) is 71.8 Å². The highest BCUT2D eigenvalue weighted by molar-refractivity contribution is 5.94. The van der Waals surface area contributed by atoms with Crippen LogP contribution in [0, 0.1) is 0 Å². The number of rotatable bonds is 7. The summed E-state index contributed by atoms with van der Waals surface area (Å²) >= 11 is 0. The molecule has 3 rings (SSSR count). The summed E-state index contributed by atoms with van der Waals surface area (Å²) in [6, 6.07) is 20.4. The standard InChI is InChI=1S/C22H28N2O/c25-22(19-12-6-2-7-13-19)24-21(18-10-4-1-5-11-18)16-17-23-20-14-8-3-9-15-20/h1-2,4-7,10-13,20-21,23H,3,8-9,14-17H2,(H,24,25). The third-order valence-electron chi connectivity index (χ3n) is 5.01. The normalized spacial score (nSPS) is 16.3. The lowest BCUT2D eigenvalue weighted by Crippen LogP contribution is -2.35. The molecule has 0 bridgehead atoms. The van der Waals surface area contributed by atoms with Gasteiger partial charge in [-0.15, -0.1) is 0 Å². The second-order valence-electron chi connectivity index (χ2n) is 6.88. The SMILES string of the molecule is O=C(NC(CCNC1CCCCC1)c1ccccc1)c1ccccc1. The van der Waals surface area contributed by atoms with Gasteiger partial charge >= 0.3 is 0 Å². The molecular formula is C22H28N2O. The monoisotopic (exact) mass is 336 g/mol. The molecule has 25 heavy (non-hydrogen) atoms. The summed E-state index contributed by atoms with van der Waals surface area (Å²) in [6.07, 6.45) is 7.52. The summed E-state index contributed by atoms with van der Waals surface area (Å²) in [7, 11) is 0. The molecule has 2 aromatic rings. The summed E-state index contributed by atoms with van der Waals surface area (Å²) in [4.78, 5) is 12.6. The summed E-state index contributed by atoms with van der Waals surface area (Å²) < 4.78 is 0. The molecular weight excluding hydrogens is 308 g/mol. The van der Waals surface area contributed by atoms with E-state index in [1.54, 1.807) is 0 Å². The molecule has 3 heteroatoms. The van der Waals surface area contributed by atoms with Gasteiger partial charge in [0.2, 0.25) is 0 Å². The number of carbonyl (C=O) groups is 1. The Balaban J connectivity index is 1.60. The summed E-state index contributed by atoms with van der Waals surface area (Å²) in [6.45, 7) is 0.930. The van der Waals surface area contributed by atoms with Crippen LogP contribution in [0.25, 0.3) is 0 Å². The maximum atomic E-state index is 12.6. The maximum Gasteiger partial charge on any atom is 0.251 e. The molecule has 0 aliphatic heterocycles. The molecule has 1 saturated carbocycles. The quantitative estimate of drug-likeness (QED) is 0.783. The lowest BCUT2D eigenvalue weighted by molar-refractivity contribution is 0.0934. The summed E-state index contributed by atoms with van der Waals surface area (Å²) in [5.74, 6) is -0.00730. The molecule has 132 valence electrons. The Morgan fingerprint density at radius 3 is 2.24 bits per heavy atom. The van der Waals surface area contributed by atoms with E-state index in [0.717, 1.165) is 18.5 Å². The molecule has 0 spiro atoms. The number of carbonyl (C=O) groups excluding carboxylic acids is 1. The molecule has 1 aliphatic rings. The zero-order chi connectivity index (χ0) is 17.3. The first-order valence-electron chi connectivity index (χ1n) is 9.47. The number of benzene rings is 2. The largest absolute Gasteiger partial charge is 0.345 e. The second kappa shape index (κ2) is 9.38. The Morgan fingerprint density at radius 2 is 1.56 bits per heavy atom. The fourth-order valence-corrected chi connectivity index (χ4v) is 3.58. The Labute approximate surface area is 150 Å². The molecule has 1 aliphatic carbocycles. The molecule has 1 fully saturated rings. The van der Waals surface area contributed by atoms with Crippen molar-refractivity contribution in [2.24, 2.45) is 0 Å². The van der Waals surface area contributed by atoms with Crippen LogP contribution in [0.15, 0.2) is 60.7 Å². The van der Waals surface area contributed by atoms with Crippen molar-refractivity contribution in [3.8, 4) is 0 Å². The Bertz CT molecular complexity index is 636. The van der Waals surface area contributed by atoms with Crippen LogP contribution in [0.2, 0.25) is 0 Å². The van der Waals surface area contributed by atoms with Crippen molar-refractivity contribution in [2.75, 3.05) is 6.54 Å². The van der Waals surface area contributed by atoms with Gasteiger partial charge in [-0.3, -0.25) is 4.79 Å². The molecule has 0 aromatic heterocycles. The van der Waals surface area contributed by atoms with Crippen LogP contribution in [0.4, 0.5) is 0 Å². The van der Waals surface area contributed by atoms with Gasteiger partial charge < -0.3 is 10.6 Å². The molecule has 1 amide bonds. The fourth-order valence-electron chi connectivity index (χ4n) is 3.58. The first-order valence-corrected chi connectivity index (χ1v) is 9.47. The van der Waals surface area contributed by atoms with E-state index in [1.165, 1.54) is 32.1 Å². The fraction of sp³-hybridized carbons (Fsp3) is 0.409. The predicted molar refractivity (Wildman–Crippen MR) is 103 cm³/mol. The van der Waals surface area contributed by atoms with E-state index in [4.69, 9.17) is 0 Å². The van der Waals surface area contributed by atoms with Crippen molar-refractivity contribution in [1.82, 2.24) is 10.6 Å². The van der Waals surface area contributed by atoms with Crippen LogP contribution < -0.4 is 10.6 Å². The van der Waals surface area contributed by atoms with Crippen molar-refractivity contribution < 1.29 is 4.79 Å². The highest BCUT2D eigenvalue weighted by Gasteiger charge is 2.17. The predicted octanol–water partition coefficient (Wildman–Crippen LogP) is 4.47. The second-order valence-corrected chi connectivity index (χ2v) is 6.88.